The largest absolute Gasteiger partial charge is 0.504 e. The van der Waals surface area contributed by atoms with Gasteiger partial charge in [-0.05, 0) is 37.9 Å². The lowest BCUT2D eigenvalue weighted by Crippen LogP contribution is -2.26. The van der Waals surface area contributed by atoms with E-state index in [1.54, 1.807) is 6.07 Å². The Hall–Kier alpha value is -1.42. The van der Waals surface area contributed by atoms with Gasteiger partial charge in [-0.2, -0.15) is 0 Å². The van der Waals surface area contributed by atoms with Crippen LogP contribution >= 0.6 is 0 Å². The van der Waals surface area contributed by atoms with Gasteiger partial charge in [0.1, 0.15) is 0 Å². The molecule has 1 aliphatic heterocycles. The number of piperidine rings is 1. The summed E-state index contributed by atoms with van der Waals surface area (Å²) in [4.78, 5) is 0. The van der Waals surface area contributed by atoms with E-state index >= 15 is 0 Å². The van der Waals surface area contributed by atoms with Crippen LogP contribution in [-0.2, 0) is 0 Å². The Labute approximate surface area is 88.2 Å². The zero-order valence-electron chi connectivity index (χ0n) is 8.40. The van der Waals surface area contributed by atoms with Crippen LogP contribution in [0.2, 0.25) is 0 Å². The number of aromatic hydroxyl groups is 3. The van der Waals surface area contributed by atoms with E-state index in [1.807, 2.05) is 0 Å². The van der Waals surface area contributed by atoms with Crippen molar-refractivity contribution in [3.8, 4) is 17.2 Å². The average molecular weight is 209 g/mol. The van der Waals surface area contributed by atoms with Crippen molar-refractivity contribution in [1.82, 2.24) is 5.32 Å². The minimum atomic E-state index is -0.411. The molecule has 82 valence electrons. The molecule has 4 heteroatoms. The first-order chi connectivity index (χ1) is 7.20. The molecular weight excluding hydrogens is 194 g/mol. The predicted molar refractivity (Wildman–Crippen MR) is 56.3 cm³/mol. The normalized spacial score (nSPS) is 17.9. The minimum Gasteiger partial charge on any atom is -0.504 e. The summed E-state index contributed by atoms with van der Waals surface area (Å²) in [5.74, 6) is -0.601. The second-order valence-corrected chi connectivity index (χ2v) is 3.90. The number of rotatable bonds is 1. The Morgan fingerprint density at radius 2 is 1.67 bits per heavy atom. The second-order valence-electron chi connectivity index (χ2n) is 3.90. The SMILES string of the molecule is Oc1ccc(C2CCNCC2)c(O)c1O. The predicted octanol–water partition coefficient (Wildman–Crippen LogP) is 1.27. The molecule has 2 rings (SSSR count). The quantitative estimate of drug-likeness (QED) is 0.526. The Balaban J connectivity index is 2.31. The van der Waals surface area contributed by atoms with E-state index in [-0.39, 0.29) is 17.4 Å². The summed E-state index contributed by atoms with van der Waals surface area (Å²) in [5, 5.41) is 31.5. The zero-order valence-corrected chi connectivity index (χ0v) is 8.40. The molecule has 0 unspecified atom stereocenters. The van der Waals surface area contributed by atoms with Gasteiger partial charge in [0.15, 0.2) is 11.5 Å². The highest BCUT2D eigenvalue weighted by Gasteiger charge is 2.21. The third kappa shape index (κ3) is 1.85. The molecule has 0 bridgehead atoms. The maximum Gasteiger partial charge on any atom is 0.200 e. The second kappa shape index (κ2) is 3.98. The smallest absolute Gasteiger partial charge is 0.200 e. The molecule has 4 N–H and O–H groups in total. The van der Waals surface area contributed by atoms with Crippen LogP contribution in [0.1, 0.15) is 24.3 Å². The molecular formula is C11H15NO3. The maximum atomic E-state index is 9.70. The van der Waals surface area contributed by atoms with Crippen molar-refractivity contribution in [1.29, 1.82) is 0 Å². The number of hydrogen-bond acceptors (Lipinski definition) is 4. The van der Waals surface area contributed by atoms with Crippen LogP contribution in [0.3, 0.4) is 0 Å². The first-order valence-corrected chi connectivity index (χ1v) is 5.14. The van der Waals surface area contributed by atoms with Gasteiger partial charge in [0, 0.05) is 5.56 Å². The van der Waals surface area contributed by atoms with Gasteiger partial charge in [-0.25, -0.2) is 0 Å². The molecule has 15 heavy (non-hydrogen) atoms. The van der Waals surface area contributed by atoms with Gasteiger partial charge in [-0.15, -0.1) is 0 Å². The van der Waals surface area contributed by atoms with Crippen LogP contribution in [0, 0.1) is 0 Å². The fraction of sp³-hybridized carbons (Fsp3) is 0.455. The first-order valence-electron chi connectivity index (χ1n) is 5.14. The van der Waals surface area contributed by atoms with E-state index in [0.29, 0.717) is 0 Å². The van der Waals surface area contributed by atoms with Crippen molar-refractivity contribution in [2.75, 3.05) is 13.1 Å². The molecule has 0 aliphatic carbocycles. The highest BCUT2D eigenvalue weighted by Crippen LogP contribution is 2.42. The summed E-state index contributed by atoms with van der Waals surface area (Å²) < 4.78 is 0. The van der Waals surface area contributed by atoms with Gasteiger partial charge in [-0.3, -0.25) is 0 Å². The van der Waals surface area contributed by atoms with E-state index < -0.39 is 5.75 Å². The molecule has 0 saturated carbocycles. The number of hydrogen-bond donors (Lipinski definition) is 4. The van der Waals surface area contributed by atoms with E-state index in [9.17, 15) is 15.3 Å². The molecule has 0 atom stereocenters. The molecule has 1 saturated heterocycles. The average Bonchev–Trinajstić information content (AvgIpc) is 2.27. The topological polar surface area (TPSA) is 72.7 Å². The summed E-state index contributed by atoms with van der Waals surface area (Å²) in [6.45, 7) is 1.84. The van der Waals surface area contributed by atoms with E-state index in [2.05, 4.69) is 5.32 Å². The van der Waals surface area contributed by atoms with Gasteiger partial charge >= 0.3 is 0 Å². The van der Waals surface area contributed by atoms with E-state index in [1.165, 1.54) is 6.07 Å². The Bertz CT molecular complexity index is 359. The fourth-order valence-corrected chi connectivity index (χ4v) is 2.05. The van der Waals surface area contributed by atoms with Gasteiger partial charge in [0.2, 0.25) is 5.75 Å². The lowest BCUT2D eigenvalue weighted by molar-refractivity contribution is 0.357. The van der Waals surface area contributed by atoms with Crippen molar-refractivity contribution in [2.24, 2.45) is 0 Å². The zero-order chi connectivity index (χ0) is 10.8. The van der Waals surface area contributed by atoms with Crippen molar-refractivity contribution in [3.05, 3.63) is 17.7 Å². The molecule has 1 fully saturated rings. The number of nitrogens with one attached hydrogen (secondary N) is 1. The summed E-state index contributed by atoms with van der Waals surface area (Å²) in [6, 6.07) is 3.10. The standard InChI is InChI=1S/C11H15NO3/c13-9-2-1-8(10(14)11(9)15)7-3-5-12-6-4-7/h1-2,7,12-15H,3-6H2. The fourth-order valence-electron chi connectivity index (χ4n) is 2.05. The van der Waals surface area contributed by atoms with Gasteiger partial charge < -0.3 is 20.6 Å². The summed E-state index contributed by atoms with van der Waals surface area (Å²) in [7, 11) is 0. The van der Waals surface area contributed by atoms with E-state index in [4.69, 9.17) is 0 Å². The van der Waals surface area contributed by atoms with Crippen molar-refractivity contribution < 1.29 is 15.3 Å². The Morgan fingerprint density at radius 1 is 1.00 bits per heavy atom. The monoisotopic (exact) mass is 209 g/mol. The molecule has 1 aliphatic rings. The highest BCUT2D eigenvalue weighted by atomic mass is 16.3. The molecule has 1 heterocycles. The van der Waals surface area contributed by atoms with Crippen molar-refractivity contribution in [2.45, 2.75) is 18.8 Å². The van der Waals surface area contributed by atoms with Crippen molar-refractivity contribution in [3.63, 3.8) is 0 Å². The highest BCUT2D eigenvalue weighted by molar-refractivity contribution is 5.54. The Morgan fingerprint density at radius 3 is 2.33 bits per heavy atom. The number of phenolic OH excluding ortho intramolecular Hbond substituents is 3. The lowest BCUT2D eigenvalue weighted by atomic mass is 9.89. The van der Waals surface area contributed by atoms with Crippen LogP contribution in [-0.4, -0.2) is 28.4 Å². The molecule has 1 aromatic rings. The minimum absolute atomic E-state index is 0.179. The first kappa shape index (κ1) is 10.1. The van der Waals surface area contributed by atoms with Gasteiger partial charge in [-0.1, -0.05) is 6.07 Å². The van der Waals surface area contributed by atoms with Crippen LogP contribution < -0.4 is 5.32 Å². The van der Waals surface area contributed by atoms with Crippen LogP contribution in [0.25, 0.3) is 0 Å². The van der Waals surface area contributed by atoms with E-state index in [0.717, 1.165) is 31.5 Å². The molecule has 4 nitrogen and oxygen atoms in total. The number of phenols is 3. The summed E-state index contributed by atoms with van der Waals surface area (Å²) in [5.41, 5.74) is 0.729. The van der Waals surface area contributed by atoms with Crippen LogP contribution in [0.15, 0.2) is 12.1 Å². The van der Waals surface area contributed by atoms with Gasteiger partial charge in [0.25, 0.3) is 0 Å². The molecule has 0 aromatic heterocycles. The van der Waals surface area contributed by atoms with Crippen LogP contribution in [0.5, 0.6) is 17.2 Å². The summed E-state index contributed by atoms with van der Waals surface area (Å²) >= 11 is 0. The third-order valence-electron chi connectivity index (χ3n) is 2.94. The van der Waals surface area contributed by atoms with Gasteiger partial charge in [0.05, 0.1) is 0 Å². The molecule has 0 radical (unpaired) electrons. The van der Waals surface area contributed by atoms with Crippen molar-refractivity contribution >= 4 is 0 Å². The maximum absolute atomic E-state index is 9.70. The molecule has 0 spiro atoms. The molecule has 0 amide bonds. The Kier molecular flexibility index (Phi) is 2.68. The summed E-state index contributed by atoms with van der Waals surface area (Å²) in [6.07, 6.45) is 1.88. The third-order valence-corrected chi connectivity index (χ3v) is 2.94. The van der Waals surface area contributed by atoms with Crippen LogP contribution in [0.4, 0.5) is 0 Å². The lowest BCUT2D eigenvalue weighted by Gasteiger charge is -2.23. The number of benzene rings is 1. The molecule has 1 aromatic carbocycles.